The smallest absolute Gasteiger partial charge is 0.225 e. The molecule has 0 bridgehead atoms. The Balaban J connectivity index is 0.00000100. The minimum Gasteiger partial charge on any atom is -0.497 e. The molecule has 0 saturated heterocycles. The lowest BCUT2D eigenvalue weighted by Crippen LogP contribution is -1.89. The van der Waals surface area contributed by atoms with Crippen LogP contribution in [0.4, 0.5) is 5.69 Å². The fourth-order valence-electron chi connectivity index (χ4n) is 1.89. The maximum Gasteiger partial charge on any atom is 0.225 e. The van der Waals surface area contributed by atoms with Crippen molar-refractivity contribution >= 4 is 39.7 Å². The van der Waals surface area contributed by atoms with E-state index in [0.29, 0.717) is 5.52 Å². The van der Waals surface area contributed by atoms with E-state index in [2.05, 4.69) is 14.7 Å². The third-order valence-electron chi connectivity index (χ3n) is 2.97. The molecule has 0 aliphatic carbocycles. The van der Waals surface area contributed by atoms with Gasteiger partial charge in [0.25, 0.3) is 0 Å². The van der Waals surface area contributed by atoms with E-state index < -0.39 is 11.1 Å². The highest BCUT2D eigenvalue weighted by molar-refractivity contribution is 8.00. The Labute approximate surface area is 145 Å². The lowest BCUT2D eigenvalue weighted by atomic mass is 10.3. The molecule has 24 heavy (non-hydrogen) atoms. The summed E-state index contributed by atoms with van der Waals surface area (Å²) in [4.78, 5) is 7.83. The summed E-state index contributed by atoms with van der Waals surface area (Å²) >= 11 is -0.663. The van der Waals surface area contributed by atoms with Gasteiger partial charge < -0.3 is 19.5 Å². The minimum atomic E-state index is -2.11. The molecule has 9 heteroatoms. The highest BCUT2D eigenvalue weighted by Gasteiger charge is 2.08. The molecule has 1 heterocycles. The third kappa shape index (κ3) is 4.48. The second-order valence-corrected chi connectivity index (χ2v) is 6.17. The molecule has 1 unspecified atom stereocenters. The number of fused-ring (bicyclic) bond motifs is 1. The summed E-state index contributed by atoms with van der Waals surface area (Å²) in [5, 5.41) is 7.06. The number of nitrogens with one attached hydrogen (secondary N) is 2. The van der Waals surface area contributed by atoms with Crippen LogP contribution in [-0.2, 0) is 11.1 Å². The lowest BCUT2D eigenvalue weighted by Gasteiger charge is -2.06. The van der Waals surface area contributed by atoms with E-state index >= 15 is 0 Å². The highest BCUT2D eigenvalue weighted by atomic mass is 32.2. The van der Waals surface area contributed by atoms with Crippen molar-refractivity contribution in [1.29, 1.82) is 0 Å². The van der Waals surface area contributed by atoms with Gasteiger partial charge in [-0.1, -0.05) is 0 Å². The quantitative estimate of drug-likeness (QED) is 0.406. The number of hydrogen-bond donors (Lipinski definition) is 4. The molecule has 0 aliphatic rings. The summed E-state index contributed by atoms with van der Waals surface area (Å²) in [6, 6.07) is 13.2. The first-order chi connectivity index (χ1) is 11.7. The largest absolute Gasteiger partial charge is 0.497 e. The maximum atomic E-state index is 11.0. The van der Waals surface area contributed by atoms with Crippen molar-refractivity contribution in [2.45, 2.75) is 10.1 Å². The molecule has 1 atom stereocenters. The zero-order valence-corrected chi connectivity index (χ0v) is 14.6. The molecule has 128 valence electrons. The van der Waals surface area contributed by atoms with Gasteiger partial charge in [-0.3, -0.25) is 4.55 Å². The van der Waals surface area contributed by atoms with Gasteiger partial charge in [0.15, 0.2) is 0 Å². The Morgan fingerprint density at radius 2 is 1.92 bits per heavy atom. The van der Waals surface area contributed by atoms with Gasteiger partial charge in [0, 0.05) is 17.7 Å². The van der Waals surface area contributed by atoms with Gasteiger partial charge in [0.2, 0.25) is 16.2 Å². The zero-order valence-electron chi connectivity index (χ0n) is 13.0. The fourth-order valence-corrected chi connectivity index (χ4v) is 2.95. The van der Waals surface area contributed by atoms with Gasteiger partial charge in [0.1, 0.15) is 5.75 Å². The summed E-state index contributed by atoms with van der Waals surface area (Å²) in [6.07, 6.45) is 0. The summed E-state index contributed by atoms with van der Waals surface area (Å²) in [5.74, 6) is 0.805. The van der Waals surface area contributed by atoms with E-state index in [9.17, 15) is 4.21 Å². The van der Waals surface area contributed by atoms with Crippen molar-refractivity contribution in [3.05, 3.63) is 42.5 Å². The van der Waals surface area contributed by atoms with Gasteiger partial charge in [-0.05, 0) is 54.4 Å². The van der Waals surface area contributed by atoms with Crippen LogP contribution in [0.3, 0.4) is 0 Å². The average Bonchev–Trinajstić information content (AvgIpc) is 3.06. The van der Waals surface area contributed by atoms with E-state index in [-0.39, 0.29) is 5.16 Å². The van der Waals surface area contributed by atoms with Crippen LogP contribution in [0.2, 0.25) is 0 Å². The number of aliphatic hydroxyl groups is 1. The van der Waals surface area contributed by atoms with Crippen molar-refractivity contribution in [3.8, 4) is 5.75 Å². The SMILES string of the molecule is CO.COc1ccc(NSc2ccc3nc(S(=O)O)[nH]c3c2)cc1. The number of methoxy groups -OCH3 is 1. The van der Waals surface area contributed by atoms with E-state index in [1.54, 1.807) is 13.2 Å². The molecule has 0 radical (unpaired) electrons. The van der Waals surface area contributed by atoms with E-state index in [4.69, 9.17) is 14.4 Å². The average molecular weight is 367 g/mol. The molecule has 4 N–H and O–H groups in total. The third-order valence-corrected chi connectivity index (χ3v) is 4.33. The molecule has 3 rings (SSSR count). The number of aromatic nitrogens is 2. The van der Waals surface area contributed by atoms with Gasteiger partial charge >= 0.3 is 0 Å². The number of benzene rings is 2. The number of rotatable bonds is 5. The van der Waals surface area contributed by atoms with Gasteiger partial charge in [-0.25, -0.2) is 9.19 Å². The van der Waals surface area contributed by atoms with Crippen LogP contribution in [0.1, 0.15) is 0 Å². The predicted octanol–water partition coefficient (Wildman–Crippen LogP) is 2.88. The van der Waals surface area contributed by atoms with Crippen molar-refractivity contribution in [2.75, 3.05) is 18.9 Å². The summed E-state index contributed by atoms with van der Waals surface area (Å²) in [6.45, 7) is 0. The molecular weight excluding hydrogens is 350 g/mol. The molecule has 0 aliphatic heterocycles. The Hall–Kier alpha value is -2.07. The first kappa shape index (κ1) is 18.3. The standard InChI is InChI=1S/C14H13N3O3S2.CH4O/c1-20-10-4-2-9(3-5-10)17-21-11-6-7-12-13(8-11)16-14(15-12)22(18)19;1-2/h2-8,17H,1H3,(H,15,16)(H,18,19);2H,1H3. The number of hydrogen-bond acceptors (Lipinski definition) is 6. The number of nitrogens with zero attached hydrogens (tertiary/aromatic N) is 1. The van der Waals surface area contributed by atoms with Crippen LogP contribution in [0, 0.1) is 0 Å². The monoisotopic (exact) mass is 367 g/mol. The second kappa shape index (κ2) is 8.69. The van der Waals surface area contributed by atoms with Crippen LogP contribution >= 0.6 is 11.9 Å². The molecule has 0 saturated carbocycles. The topological polar surface area (TPSA) is 107 Å². The normalized spacial score (nSPS) is 11.5. The number of aliphatic hydroxyl groups excluding tert-OH is 1. The van der Waals surface area contributed by atoms with Crippen molar-refractivity contribution < 1.29 is 18.6 Å². The Morgan fingerprint density at radius 3 is 2.54 bits per heavy atom. The van der Waals surface area contributed by atoms with Crippen LogP contribution in [-0.4, -0.2) is 38.1 Å². The molecule has 2 aromatic carbocycles. The van der Waals surface area contributed by atoms with Crippen molar-refractivity contribution in [2.24, 2.45) is 0 Å². The molecule has 1 aromatic heterocycles. The molecule has 0 fully saturated rings. The summed E-state index contributed by atoms with van der Waals surface area (Å²) in [7, 11) is 2.63. The summed E-state index contributed by atoms with van der Waals surface area (Å²) in [5.41, 5.74) is 2.33. The first-order valence-electron chi connectivity index (χ1n) is 6.78. The molecule has 3 aromatic rings. The fraction of sp³-hybridized carbons (Fsp3) is 0.133. The first-order valence-corrected chi connectivity index (χ1v) is 8.70. The molecule has 0 spiro atoms. The number of H-pyrrole nitrogens is 1. The summed E-state index contributed by atoms with van der Waals surface area (Å²) < 4.78 is 28.4. The molecular formula is C15H17N3O4S2. The highest BCUT2D eigenvalue weighted by Crippen LogP contribution is 2.25. The number of aromatic amines is 1. The van der Waals surface area contributed by atoms with Crippen molar-refractivity contribution in [1.82, 2.24) is 9.97 Å². The Kier molecular flexibility index (Phi) is 6.62. The van der Waals surface area contributed by atoms with Crippen LogP contribution in [0.5, 0.6) is 5.75 Å². The van der Waals surface area contributed by atoms with E-state index in [0.717, 1.165) is 29.0 Å². The zero-order chi connectivity index (χ0) is 17.5. The van der Waals surface area contributed by atoms with Crippen LogP contribution in [0.25, 0.3) is 11.0 Å². The maximum absolute atomic E-state index is 11.0. The van der Waals surface area contributed by atoms with Crippen LogP contribution in [0.15, 0.2) is 52.5 Å². The second-order valence-electron chi connectivity index (χ2n) is 4.40. The predicted molar refractivity (Wildman–Crippen MR) is 95.7 cm³/mol. The minimum absolute atomic E-state index is 0.0558. The lowest BCUT2D eigenvalue weighted by molar-refractivity contribution is 0.399. The molecule has 0 amide bonds. The molecule has 7 nitrogen and oxygen atoms in total. The number of imidazole rings is 1. The van der Waals surface area contributed by atoms with E-state index in [1.807, 2.05) is 36.4 Å². The number of ether oxygens (including phenoxy) is 1. The van der Waals surface area contributed by atoms with Gasteiger partial charge in [-0.15, -0.1) is 0 Å². The van der Waals surface area contributed by atoms with E-state index in [1.165, 1.54) is 11.9 Å². The Morgan fingerprint density at radius 1 is 1.21 bits per heavy atom. The van der Waals surface area contributed by atoms with Gasteiger partial charge in [-0.2, -0.15) is 0 Å². The van der Waals surface area contributed by atoms with Crippen LogP contribution < -0.4 is 9.46 Å². The number of anilines is 1. The van der Waals surface area contributed by atoms with Gasteiger partial charge in [0.05, 0.1) is 18.1 Å². The Bertz CT molecular complexity index is 821. The van der Waals surface area contributed by atoms with Crippen molar-refractivity contribution in [3.63, 3.8) is 0 Å².